The minimum Gasteiger partial charge on any atom is -0.384 e. The first kappa shape index (κ1) is 17.4. The number of nitrogens with one attached hydrogen (secondary N) is 1. The molecule has 0 aliphatic rings. The molecule has 23 heavy (non-hydrogen) atoms. The van der Waals surface area contributed by atoms with Crippen molar-refractivity contribution in [1.82, 2.24) is 5.32 Å². The lowest BCUT2D eigenvalue weighted by atomic mass is 9.99. The number of benzene rings is 1. The summed E-state index contributed by atoms with van der Waals surface area (Å²) in [4.78, 5) is 11.9. The SMILES string of the molecule is CC(O)(CNC(=O)c1cc(F)cc(C(F)(F)F)c1)c1ccsc1. The van der Waals surface area contributed by atoms with E-state index < -0.39 is 34.6 Å². The van der Waals surface area contributed by atoms with Gasteiger partial charge in [-0.25, -0.2) is 4.39 Å². The largest absolute Gasteiger partial charge is 0.416 e. The Morgan fingerprint density at radius 3 is 2.52 bits per heavy atom. The van der Waals surface area contributed by atoms with Gasteiger partial charge in [0.2, 0.25) is 0 Å². The molecule has 3 nitrogen and oxygen atoms in total. The summed E-state index contributed by atoms with van der Waals surface area (Å²) in [5, 5.41) is 16.0. The first-order chi connectivity index (χ1) is 10.6. The van der Waals surface area contributed by atoms with Crippen LogP contribution in [0.4, 0.5) is 17.6 Å². The van der Waals surface area contributed by atoms with Gasteiger partial charge < -0.3 is 10.4 Å². The number of halogens is 4. The van der Waals surface area contributed by atoms with Gasteiger partial charge >= 0.3 is 6.18 Å². The van der Waals surface area contributed by atoms with E-state index in [-0.39, 0.29) is 6.54 Å². The fourth-order valence-corrected chi connectivity index (χ4v) is 2.69. The highest BCUT2D eigenvalue weighted by Gasteiger charge is 2.32. The van der Waals surface area contributed by atoms with E-state index in [1.165, 1.54) is 18.3 Å². The molecule has 1 aromatic heterocycles. The van der Waals surface area contributed by atoms with E-state index in [1.54, 1.807) is 16.8 Å². The average molecular weight is 347 g/mol. The van der Waals surface area contributed by atoms with Crippen LogP contribution in [0.3, 0.4) is 0 Å². The van der Waals surface area contributed by atoms with E-state index in [0.29, 0.717) is 23.8 Å². The minimum atomic E-state index is -4.75. The minimum absolute atomic E-state index is 0.222. The van der Waals surface area contributed by atoms with Crippen molar-refractivity contribution >= 4 is 17.2 Å². The summed E-state index contributed by atoms with van der Waals surface area (Å²) in [5.74, 6) is -2.06. The third-order valence-electron chi connectivity index (χ3n) is 3.22. The van der Waals surface area contributed by atoms with Crippen LogP contribution >= 0.6 is 11.3 Å². The van der Waals surface area contributed by atoms with Gasteiger partial charge in [-0.2, -0.15) is 24.5 Å². The summed E-state index contributed by atoms with van der Waals surface area (Å²) in [7, 11) is 0. The maximum absolute atomic E-state index is 13.3. The van der Waals surface area contributed by atoms with Gasteiger partial charge in [-0.15, -0.1) is 0 Å². The second kappa shape index (κ2) is 6.29. The Labute approximate surface area is 133 Å². The molecular weight excluding hydrogens is 334 g/mol. The van der Waals surface area contributed by atoms with Crippen LogP contribution in [0.25, 0.3) is 0 Å². The van der Waals surface area contributed by atoms with Gasteiger partial charge in [0.25, 0.3) is 5.91 Å². The lowest BCUT2D eigenvalue weighted by Gasteiger charge is -2.23. The van der Waals surface area contributed by atoms with Gasteiger partial charge in [-0.1, -0.05) is 0 Å². The Morgan fingerprint density at radius 1 is 1.26 bits per heavy atom. The zero-order valence-electron chi connectivity index (χ0n) is 11.9. The molecule has 2 rings (SSSR count). The molecule has 0 saturated carbocycles. The highest BCUT2D eigenvalue weighted by Crippen LogP contribution is 2.30. The molecular formula is C15H13F4NO2S. The predicted octanol–water partition coefficient (Wildman–Crippen LogP) is 3.54. The van der Waals surface area contributed by atoms with Crippen molar-refractivity contribution in [2.45, 2.75) is 18.7 Å². The molecule has 124 valence electrons. The maximum Gasteiger partial charge on any atom is 0.416 e. The van der Waals surface area contributed by atoms with Crippen LogP contribution in [-0.4, -0.2) is 17.6 Å². The number of amides is 1. The third-order valence-corrected chi connectivity index (χ3v) is 3.91. The van der Waals surface area contributed by atoms with E-state index in [1.807, 2.05) is 0 Å². The van der Waals surface area contributed by atoms with Crippen molar-refractivity contribution in [3.8, 4) is 0 Å². The molecule has 0 aliphatic heterocycles. The number of alkyl halides is 3. The first-order valence-corrected chi connectivity index (χ1v) is 7.45. The molecule has 1 amide bonds. The van der Waals surface area contributed by atoms with E-state index in [4.69, 9.17) is 0 Å². The van der Waals surface area contributed by atoms with Crippen LogP contribution in [0.5, 0.6) is 0 Å². The second-order valence-corrected chi connectivity index (χ2v) is 5.97. The highest BCUT2D eigenvalue weighted by molar-refractivity contribution is 7.08. The number of hydrogen-bond acceptors (Lipinski definition) is 3. The molecule has 0 saturated heterocycles. The molecule has 0 aliphatic carbocycles. The van der Waals surface area contributed by atoms with Crippen LogP contribution in [0.15, 0.2) is 35.0 Å². The summed E-state index contributed by atoms with van der Waals surface area (Å²) in [6, 6.07) is 3.26. The fourth-order valence-electron chi connectivity index (χ4n) is 1.91. The standard InChI is InChI=1S/C15H13F4NO2S/c1-14(22,10-2-3-23-7-10)8-20-13(21)9-4-11(15(17,18)19)6-12(16)5-9/h2-7,22H,8H2,1H3,(H,20,21). The fraction of sp³-hybridized carbons (Fsp3) is 0.267. The molecule has 2 N–H and O–H groups in total. The summed E-state index contributed by atoms with van der Waals surface area (Å²) in [5.41, 5.74) is -2.51. The van der Waals surface area contributed by atoms with Crippen molar-refractivity contribution in [3.63, 3.8) is 0 Å². The third kappa shape index (κ3) is 4.29. The van der Waals surface area contributed by atoms with Crippen molar-refractivity contribution in [3.05, 3.63) is 57.5 Å². The number of aliphatic hydroxyl groups is 1. The Bertz CT molecular complexity index is 696. The molecule has 0 fully saturated rings. The van der Waals surface area contributed by atoms with E-state index in [2.05, 4.69) is 5.32 Å². The molecule has 1 unspecified atom stereocenters. The lowest BCUT2D eigenvalue weighted by Crippen LogP contribution is -2.38. The Hall–Kier alpha value is -1.93. The normalized spacial score (nSPS) is 14.3. The quantitative estimate of drug-likeness (QED) is 0.831. The molecule has 1 heterocycles. The number of hydrogen-bond donors (Lipinski definition) is 2. The zero-order chi connectivity index (χ0) is 17.3. The van der Waals surface area contributed by atoms with Crippen LogP contribution in [0.2, 0.25) is 0 Å². The topological polar surface area (TPSA) is 49.3 Å². The summed E-state index contributed by atoms with van der Waals surface area (Å²) >= 11 is 1.36. The maximum atomic E-state index is 13.3. The van der Waals surface area contributed by atoms with E-state index in [0.717, 1.165) is 0 Å². The smallest absolute Gasteiger partial charge is 0.384 e. The summed E-state index contributed by atoms with van der Waals surface area (Å²) in [6.07, 6.45) is -4.75. The van der Waals surface area contributed by atoms with Gasteiger partial charge in [0, 0.05) is 5.56 Å². The summed E-state index contributed by atoms with van der Waals surface area (Å²) < 4.78 is 51.2. The van der Waals surface area contributed by atoms with Gasteiger partial charge in [-0.05, 0) is 47.5 Å². The van der Waals surface area contributed by atoms with Gasteiger partial charge in [-0.3, -0.25) is 4.79 Å². The number of rotatable bonds is 4. The van der Waals surface area contributed by atoms with E-state index >= 15 is 0 Å². The number of thiophene rings is 1. The monoisotopic (exact) mass is 347 g/mol. The van der Waals surface area contributed by atoms with Gasteiger partial charge in [0.05, 0.1) is 12.1 Å². The molecule has 2 aromatic rings. The molecule has 0 radical (unpaired) electrons. The second-order valence-electron chi connectivity index (χ2n) is 5.19. The predicted molar refractivity (Wildman–Crippen MR) is 77.6 cm³/mol. The molecule has 0 bridgehead atoms. The number of carbonyl (C=O) groups excluding carboxylic acids is 1. The van der Waals surface area contributed by atoms with Crippen LogP contribution in [0.1, 0.15) is 28.4 Å². The van der Waals surface area contributed by atoms with Gasteiger partial charge in [0.1, 0.15) is 11.4 Å². The molecule has 1 atom stereocenters. The van der Waals surface area contributed by atoms with E-state index in [9.17, 15) is 27.5 Å². The zero-order valence-corrected chi connectivity index (χ0v) is 12.8. The molecule has 0 spiro atoms. The van der Waals surface area contributed by atoms with Crippen molar-refractivity contribution in [1.29, 1.82) is 0 Å². The number of carbonyl (C=O) groups is 1. The lowest BCUT2D eigenvalue weighted by molar-refractivity contribution is -0.137. The Kier molecular flexibility index (Phi) is 4.76. The molecule has 8 heteroatoms. The van der Waals surface area contributed by atoms with Crippen molar-refractivity contribution in [2.24, 2.45) is 0 Å². The van der Waals surface area contributed by atoms with Crippen LogP contribution in [0, 0.1) is 5.82 Å². The molecule has 1 aromatic carbocycles. The van der Waals surface area contributed by atoms with Crippen LogP contribution < -0.4 is 5.32 Å². The Morgan fingerprint density at radius 2 is 1.96 bits per heavy atom. The van der Waals surface area contributed by atoms with Gasteiger partial charge in [0.15, 0.2) is 0 Å². The summed E-state index contributed by atoms with van der Waals surface area (Å²) in [6.45, 7) is 1.24. The van der Waals surface area contributed by atoms with Crippen molar-refractivity contribution in [2.75, 3.05) is 6.54 Å². The first-order valence-electron chi connectivity index (χ1n) is 6.50. The average Bonchev–Trinajstić information content (AvgIpc) is 2.98. The van der Waals surface area contributed by atoms with Crippen LogP contribution in [-0.2, 0) is 11.8 Å². The Balaban J connectivity index is 2.14. The van der Waals surface area contributed by atoms with Crippen molar-refractivity contribution < 1.29 is 27.5 Å². The highest BCUT2D eigenvalue weighted by atomic mass is 32.1.